The second kappa shape index (κ2) is 4.40. The van der Waals surface area contributed by atoms with Gasteiger partial charge in [-0.2, -0.15) is 13.2 Å². The molecule has 3 rings (SSSR count). The molecule has 0 spiro atoms. The van der Waals surface area contributed by atoms with E-state index < -0.39 is 11.7 Å². The third-order valence-corrected chi connectivity index (χ3v) is 3.37. The quantitative estimate of drug-likeness (QED) is 0.631. The van der Waals surface area contributed by atoms with Gasteiger partial charge in [0.2, 0.25) is 0 Å². The van der Waals surface area contributed by atoms with Crippen molar-refractivity contribution in [2.45, 2.75) is 13.1 Å². The molecule has 1 nitrogen and oxygen atoms in total. The van der Waals surface area contributed by atoms with Gasteiger partial charge in [0.25, 0.3) is 0 Å². The van der Waals surface area contributed by atoms with E-state index in [2.05, 4.69) is 4.98 Å². The van der Waals surface area contributed by atoms with Crippen LogP contribution in [0.3, 0.4) is 0 Å². The summed E-state index contributed by atoms with van der Waals surface area (Å²) in [5.41, 5.74) is 2.57. The topological polar surface area (TPSA) is 15.8 Å². The van der Waals surface area contributed by atoms with Gasteiger partial charge in [-0.1, -0.05) is 30.3 Å². The van der Waals surface area contributed by atoms with Crippen LogP contribution in [0.5, 0.6) is 0 Å². The van der Waals surface area contributed by atoms with E-state index in [4.69, 9.17) is 0 Å². The van der Waals surface area contributed by atoms with Crippen molar-refractivity contribution >= 4 is 10.9 Å². The molecule has 0 aliphatic heterocycles. The molecule has 0 radical (unpaired) electrons. The Hall–Kier alpha value is -2.23. The zero-order valence-electron chi connectivity index (χ0n) is 10.8. The van der Waals surface area contributed by atoms with Crippen LogP contribution >= 0.6 is 0 Å². The van der Waals surface area contributed by atoms with Crippen molar-refractivity contribution in [1.82, 2.24) is 4.98 Å². The van der Waals surface area contributed by atoms with Crippen LogP contribution in [0.1, 0.15) is 11.3 Å². The lowest BCUT2D eigenvalue weighted by Crippen LogP contribution is -2.04. The van der Waals surface area contributed by atoms with E-state index >= 15 is 0 Å². The molecule has 20 heavy (non-hydrogen) atoms. The molecule has 1 heterocycles. The Kier molecular flexibility index (Phi) is 2.82. The van der Waals surface area contributed by atoms with Gasteiger partial charge < -0.3 is 4.98 Å². The van der Waals surface area contributed by atoms with Crippen LogP contribution in [0.15, 0.2) is 48.5 Å². The number of aryl methyl sites for hydroxylation is 1. The maximum absolute atomic E-state index is 12.8. The molecular formula is C16H12F3N. The van der Waals surface area contributed by atoms with Crippen molar-refractivity contribution in [3.05, 3.63) is 59.8 Å². The van der Waals surface area contributed by atoms with E-state index in [1.165, 1.54) is 12.1 Å². The Labute approximate surface area is 114 Å². The first-order valence-corrected chi connectivity index (χ1v) is 6.22. The van der Waals surface area contributed by atoms with Crippen LogP contribution in [0.4, 0.5) is 13.2 Å². The minimum Gasteiger partial charge on any atom is -0.358 e. The fourth-order valence-corrected chi connectivity index (χ4v) is 2.50. The van der Waals surface area contributed by atoms with Gasteiger partial charge in [-0.15, -0.1) is 0 Å². The molecule has 0 saturated carbocycles. The molecule has 4 heteroatoms. The van der Waals surface area contributed by atoms with E-state index in [-0.39, 0.29) is 0 Å². The monoisotopic (exact) mass is 275 g/mol. The average Bonchev–Trinajstić information content (AvgIpc) is 2.73. The van der Waals surface area contributed by atoms with E-state index in [1.807, 2.05) is 31.2 Å². The molecule has 1 N–H and O–H groups in total. The van der Waals surface area contributed by atoms with E-state index in [0.29, 0.717) is 5.56 Å². The van der Waals surface area contributed by atoms with Crippen molar-refractivity contribution in [2.24, 2.45) is 0 Å². The number of alkyl halides is 3. The number of hydrogen-bond acceptors (Lipinski definition) is 0. The molecule has 0 atom stereocenters. The Morgan fingerprint density at radius 2 is 1.70 bits per heavy atom. The SMILES string of the molecule is Cc1[nH]c2ccccc2c1-c1cccc(C(F)(F)F)c1. The first-order valence-electron chi connectivity index (χ1n) is 6.22. The van der Waals surface area contributed by atoms with Crippen molar-refractivity contribution in [2.75, 3.05) is 0 Å². The number of nitrogens with one attached hydrogen (secondary N) is 1. The highest BCUT2D eigenvalue weighted by molar-refractivity contribution is 5.97. The summed E-state index contributed by atoms with van der Waals surface area (Å²) in [6.07, 6.45) is -4.32. The number of benzene rings is 2. The van der Waals surface area contributed by atoms with Crippen LogP contribution in [0, 0.1) is 6.92 Å². The maximum Gasteiger partial charge on any atom is 0.416 e. The van der Waals surface area contributed by atoms with Crippen LogP contribution in [-0.4, -0.2) is 4.98 Å². The smallest absolute Gasteiger partial charge is 0.358 e. The van der Waals surface area contributed by atoms with Crippen LogP contribution in [0.25, 0.3) is 22.0 Å². The van der Waals surface area contributed by atoms with Crippen molar-refractivity contribution < 1.29 is 13.2 Å². The molecule has 0 saturated heterocycles. The zero-order valence-corrected chi connectivity index (χ0v) is 10.8. The number of H-pyrrole nitrogens is 1. The summed E-state index contributed by atoms with van der Waals surface area (Å²) in [7, 11) is 0. The third-order valence-electron chi connectivity index (χ3n) is 3.37. The number of fused-ring (bicyclic) bond motifs is 1. The molecule has 0 aliphatic carbocycles. The first-order chi connectivity index (χ1) is 9.47. The molecule has 2 aromatic carbocycles. The highest BCUT2D eigenvalue weighted by Crippen LogP contribution is 2.36. The summed E-state index contributed by atoms with van der Waals surface area (Å²) in [6, 6.07) is 13.0. The summed E-state index contributed by atoms with van der Waals surface area (Å²) >= 11 is 0. The Bertz CT molecular complexity index is 769. The number of aromatic amines is 1. The van der Waals surface area contributed by atoms with Gasteiger partial charge in [0.05, 0.1) is 5.56 Å². The second-order valence-electron chi connectivity index (χ2n) is 4.75. The van der Waals surface area contributed by atoms with Crippen LogP contribution < -0.4 is 0 Å². The molecule has 0 fully saturated rings. The molecule has 0 amide bonds. The Morgan fingerprint density at radius 1 is 0.950 bits per heavy atom. The van der Waals surface area contributed by atoms with Gasteiger partial charge in [0.1, 0.15) is 0 Å². The molecule has 1 aromatic heterocycles. The summed E-state index contributed by atoms with van der Waals surface area (Å²) in [6.45, 7) is 1.87. The normalized spacial score (nSPS) is 12.0. The lowest BCUT2D eigenvalue weighted by atomic mass is 10.00. The Morgan fingerprint density at radius 3 is 2.45 bits per heavy atom. The fraction of sp³-hybridized carbons (Fsp3) is 0.125. The first kappa shape index (κ1) is 12.8. The lowest BCUT2D eigenvalue weighted by molar-refractivity contribution is -0.137. The predicted octanol–water partition coefficient (Wildman–Crippen LogP) is 5.16. The van der Waals surface area contributed by atoms with Gasteiger partial charge in [-0.25, -0.2) is 0 Å². The Balaban J connectivity index is 2.24. The van der Waals surface area contributed by atoms with E-state index in [1.54, 1.807) is 6.07 Å². The van der Waals surface area contributed by atoms with Gasteiger partial charge in [-0.05, 0) is 30.7 Å². The van der Waals surface area contributed by atoms with E-state index in [9.17, 15) is 13.2 Å². The number of rotatable bonds is 1. The summed E-state index contributed by atoms with van der Waals surface area (Å²) in [5, 5.41) is 0.935. The molecule has 102 valence electrons. The zero-order chi connectivity index (χ0) is 14.3. The second-order valence-corrected chi connectivity index (χ2v) is 4.75. The molecule has 0 unspecified atom stereocenters. The van der Waals surface area contributed by atoms with Crippen LogP contribution in [0.2, 0.25) is 0 Å². The minimum absolute atomic E-state index is 0.578. The highest BCUT2D eigenvalue weighted by atomic mass is 19.4. The number of hydrogen-bond donors (Lipinski definition) is 1. The number of aromatic nitrogens is 1. The number of halogens is 3. The molecule has 3 aromatic rings. The summed E-state index contributed by atoms with van der Waals surface area (Å²) in [5.74, 6) is 0. The molecule has 0 bridgehead atoms. The fourth-order valence-electron chi connectivity index (χ4n) is 2.50. The largest absolute Gasteiger partial charge is 0.416 e. The number of para-hydroxylation sites is 1. The standard InChI is InChI=1S/C16H12F3N/c1-10-15(13-7-2-3-8-14(13)20-10)11-5-4-6-12(9-11)16(17,18)19/h2-9,20H,1H3. The van der Waals surface area contributed by atoms with Crippen LogP contribution in [-0.2, 0) is 6.18 Å². The average molecular weight is 275 g/mol. The van der Waals surface area contributed by atoms with Gasteiger partial charge in [0.15, 0.2) is 0 Å². The third kappa shape index (κ3) is 2.07. The van der Waals surface area contributed by atoms with Crippen molar-refractivity contribution in [1.29, 1.82) is 0 Å². The highest BCUT2D eigenvalue weighted by Gasteiger charge is 2.30. The summed E-state index contributed by atoms with van der Waals surface area (Å²) < 4.78 is 38.4. The summed E-state index contributed by atoms with van der Waals surface area (Å²) in [4.78, 5) is 3.20. The molecular weight excluding hydrogens is 263 g/mol. The minimum atomic E-state index is -4.32. The van der Waals surface area contributed by atoms with Gasteiger partial charge >= 0.3 is 6.18 Å². The van der Waals surface area contributed by atoms with Crippen molar-refractivity contribution in [3.63, 3.8) is 0 Å². The maximum atomic E-state index is 12.8. The predicted molar refractivity (Wildman–Crippen MR) is 73.5 cm³/mol. The van der Waals surface area contributed by atoms with Gasteiger partial charge in [0, 0.05) is 22.2 Å². The molecule has 0 aliphatic rings. The van der Waals surface area contributed by atoms with Crippen molar-refractivity contribution in [3.8, 4) is 11.1 Å². The van der Waals surface area contributed by atoms with Gasteiger partial charge in [-0.3, -0.25) is 0 Å². The van der Waals surface area contributed by atoms with E-state index in [0.717, 1.165) is 28.2 Å². The lowest BCUT2D eigenvalue weighted by Gasteiger charge is -2.09.